The average molecular weight is 614 g/mol. The molecule has 2 atom stereocenters. The van der Waals surface area contributed by atoms with Gasteiger partial charge in [0.25, 0.3) is 0 Å². The lowest BCUT2D eigenvalue weighted by atomic mass is 10.0. The number of rotatable bonds is 18. The Morgan fingerprint density at radius 2 is 1.47 bits per heavy atom. The fourth-order valence-corrected chi connectivity index (χ4v) is 8.18. The largest absolute Gasteiger partial charge is 0.376 e. The number of halogens is 2. The van der Waals surface area contributed by atoms with E-state index in [2.05, 4.69) is 35.0 Å². The summed E-state index contributed by atoms with van der Waals surface area (Å²) in [4.78, 5) is 13.2. The molecule has 0 aliphatic heterocycles. The Hall–Kier alpha value is -3.30. The Morgan fingerprint density at radius 1 is 0.814 bits per heavy atom. The van der Waals surface area contributed by atoms with Gasteiger partial charge in [-0.1, -0.05) is 76.1 Å². The minimum absolute atomic E-state index is 0.00618. The highest BCUT2D eigenvalue weighted by Gasteiger charge is 2.40. The van der Waals surface area contributed by atoms with Gasteiger partial charge >= 0.3 is 0 Å². The van der Waals surface area contributed by atoms with Gasteiger partial charge in [0.1, 0.15) is 16.9 Å². The zero-order valence-corrected chi connectivity index (χ0v) is 26.2. The van der Waals surface area contributed by atoms with E-state index in [1.54, 1.807) is 0 Å². The second-order valence-electron chi connectivity index (χ2n) is 10.9. The molecular formula is C34H45F2N3O3S. The number of hydrogen-bond acceptors (Lipinski definition) is 5. The van der Waals surface area contributed by atoms with Crippen LogP contribution in [0.2, 0.25) is 0 Å². The highest BCUT2D eigenvalue weighted by molar-refractivity contribution is 7.92. The minimum atomic E-state index is -3.98. The Bertz CT molecular complexity index is 1380. The Kier molecular flexibility index (Phi) is 13.6. The molecule has 0 saturated carbocycles. The molecule has 43 heavy (non-hydrogen) atoms. The van der Waals surface area contributed by atoms with Crippen LogP contribution in [-0.2, 0) is 27.6 Å². The highest BCUT2D eigenvalue weighted by Crippen LogP contribution is 2.35. The van der Waals surface area contributed by atoms with Gasteiger partial charge in [0.15, 0.2) is 9.84 Å². The average Bonchev–Trinajstić information content (AvgIpc) is 2.98. The van der Waals surface area contributed by atoms with Crippen LogP contribution in [0.1, 0.15) is 74.8 Å². The summed E-state index contributed by atoms with van der Waals surface area (Å²) < 4.78 is 57.7. The molecule has 0 radical (unpaired) electrons. The maximum atomic E-state index is 14.5. The molecule has 0 spiro atoms. The molecule has 0 aliphatic carbocycles. The monoisotopic (exact) mass is 613 g/mol. The second-order valence-corrected chi connectivity index (χ2v) is 13.3. The summed E-state index contributed by atoms with van der Waals surface area (Å²) in [6.45, 7) is 6.78. The van der Waals surface area contributed by atoms with Crippen molar-refractivity contribution in [1.82, 2.24) is 10.6 Å². The molecule has 6 nitrogen and oxygen atoms in total. The van der Waals surface area contributed by atoms with Crippen LogP contribution in [0.25, 0.3) is 0 Å². The van der Waals surface area contributed by atoms with E-state index in [1.165, 1.54) is 5.56 Å². The molecule has 0 fully saturated rings. The lowest BCUT2D eigenvalue weighted by Gasteiger charge is -2.32. The smallest absolute Gasteiger partial charge is 0.239 e. The van der Waals surface area contributed by atoms with E-state index < -0.39 is 43.9 Å². The van der Waals surface area contributed by atoms with Gasteiger partial charge in [-0.25, -0.2) is 17.2 Å². The molecule has 1 amide bonds. The van der Waals surface area contributed by atoms with Gasteiger partial charge < -0.3 is 16.0 Å². The number of para-hydroxylation sites is 1. The van der Waals surface area contributed by atoms with E-state index in [0.29, 0.717) is 38.8 Å². The molecule has 0 heterocycles. The Balaban J connectivity index is 1.93. The van der Waals surface area contributed by atoms with E-state index in [1.807, 2.05) is 56.3 Å². The number of sulfone groups is 1. The van der Waals surface area contributed by atoms with Crippen molar-refractivity contribution in [3.05, 3.63) is 101 Å². The van der Waals surface area contributed by atoms with Crippen LogP contribution >= 0.6 is 0 Å². The van der Waals surface area contributed by atoms with Crippen molar-refractivity contribution in [3.8, 4) is 0 Å². The van der Waals surface area contributed by atoms with Crippen molar-refractivity contribution in [2.45, 2.75) is 82.4 Å². The first kappa shape index (κ1) is 34.2. The number of amides is 1. The quantitative estimate of drug-likeness (QED) is 0.139. The molecule has 3 rings (SSSR count). The van der Waals surface area contributed by atoms with E-state index in [9.17, 15) is 22.0 Å². The molecule has 3 aromatic rings. The van der Waals surface area contributed by atoms with Crippen LogP contribution in [0, 0.1) is 11.6 Å². The van der Waals surface area contributed by atoms with E-state index >= 15 is 0 Å². The molecule has 0 aliphatic rings. The van der Waals surface area contributed by atoms with E-state index in [0.717, 1.165) is 35.9 Å². The third-order valence-corrected chi connectivity index (χ3v) is 10.3. The van der Waals surface area contributed by atoms with Crippen LogP contribution in [-0.4, -0.2) is 38.7 Å². The SMILES string of the molecule is CCCC(CCC)S(=O)(=O)C(c1cc(F)cc(F)c1)[C@H](CCNCc1cccc(CC)c1)NC(=O)CNc1ccccc1. The predicted octanol–water partition coefficient (Wildman–Crippen LogP) is 6.73. The second kappa shape index (κ2) is 17.1. The van der Waals surface area contributed by atoms with Gasteiger partial charge in [-0.3, -0.25) is 4.79 Å². The Morgan fingerprint density at radius 3 is 2.09 bits per heavy atom. The van der Waals surface area contributed by atoms with E-state index in [4.69, 9.17) is 0 Å². The van der Waals surface area contributed by atoms with Crippen molar-refractivity contribution in [1.29, 1.82) is 0 Å². The van der Waals surface area contributed by atoms with Gasteiger partial charge in [-0.15, -0.1) is 0 Å². The molecule has 0 saturated heterocycles. The number of hydrogen-bond donors (Lipinski definition) is 3. The van der Waals surface area contributed by atoms with Gasteiger partial charge in [-0.2, -0.15) is 0 Å². The molecule has 3 N–H and O–H groups in total. The fraction of sp³-hybridized carbons (Fsp3) is 0.441. The minimum Gasteiger partial charge on any atom is -0.376 e. The zero-order chi connectivity index (χ0) is 31.2. The zero-order valence-electron chi connectivity index (χ0n) is 25.4. The summed E-state index contributed by atoms with van der Waals surface area (Å²) >= 11 is 0. The van der Waals surface area contributed by atoms with Gasteiger partial charge in [0, 0.05) is 18.3 Å². The summed E-state index contributed by atoms with van der Waals surface area (Å²) in [7, 11) is -3.98. The Labute approximate surface area is 255 Å². The molecule has 3 aromatic carbocycles. The van der Waals surface area contributed by atoms with E-state index in [-0.39, 0.29) is 18.5 Å². The van der Waals surface area contributed by atoms with Crippen LogP contribution in [0.4, 0.5) is 14.5 Å². The summed E-state index contributed by atoms with van der Waals surface area (Å²) in [6, 6.07) is 19.3. The molecule has 9 heteroatoms. The number of benzene rings is 3. The number of carbonyl (C=O) groups excluding carboxylic acids is 1. The molecule has 1 unspecified atom stereocenters. The third-order valence-electron chi connectivity index (χ3n) is 7.55. The van der Waals surface area contributed by atoms with Crippen molar-refractivity contribution < 1.29 is 22.0 Å². The summed E-state index contributed by atoms with van der Waals surface area (Å²) in [5.74, 6) is -2.13. The highest BCUT2D eigenvalue weighted by atomic mass is 32.2. The topological polar surface area (TPSA) is 87.3 Å². The first-order chi connectivity index (χ1) is 20.7. The number of aryl methyl sites for hydroxylation is 1. The standard InChI is InChI=1S/C34H45F2N3O3S/c1-4-11-31(12-5-2)43(41,42)34(27-20-28(35)22-29(36)21-27)32(39-33(40)24-38-30-15-8-7-9-16-30)17-18-37-23-26-14-10-13-25(6-3)19-26/h7-10,13-16,19-22,31-32,34,37-38H,4-6,11-12,17-18,23-24H2,1-3H3,(H,39,40)/t32-,34?/m0/s1. The maximum absolute atomic E-state index is 14.5. The third kappa shape index (κ3) is 10.4. The summed E-state index contributed by atoms with van der Waals surface area (Å²) in [5.41, 5.74) is 3.06. The van der Waals surface area contributed by atoms with Gasteiger partial charge in [-0.05, 0) is 73.2 Å². The normalized spacial score (nSPS) is 13.1. The van der Waals surface area contributed by atoms with Crippen LogP contribution in [0.5, 0.6) is 0 Å². The first-order valence-corrected chi connectivity index (χ1v) is 16.8. The molecule has 0 aromatic heterocycles. The van der Waals surface area contributed by atoms with Crippen molar-refractivity contribution in [3.63, 3.8) is 0 Å². The number of anilines is 1. The van der Waals surface area contributed by atoms with Crippen molar-refractivity contribution >= 4 is 21.4 Å². The number of nitrogens with one attached hydrogen (secondary N) is 3. The molecule has 234 valence electrons. The fourth-order valence-electron chi connectivity index (χ4n) is 5.46. The summed E-state index contributed by atoms with van der Waals surface area (Å²) in [5, 5.41) is 7.31. The number of carbonyl (C=O) groups is 1. The van der Waals surface area contributed by atoms with Crippen LogP contribution in [0.3, 0.4) is 0 Å². The molecular weight excluding hydrogens is 568 g/mol. The van der Waals surface area contributed by atoms with Gasteiger partial charge in [0.05, 0.1) is 17.8 Å². The summed E-state index contributed by atoms with van der Waals surface area (Å²) in [6.07, 6.45) is 3.28. The maximum Gasteiger partial charge on any atom is 0.239 e. The lowest BCUT2D eigenvalue weighted by Crippen LogP contribution is -2.47. The van der Waals surface area contributed by atoms with Crippen LogP contribution < -0.4 is 16.0 Å². The van der Waals surface area contributed by atoms with Crippen molar-refractivity contribution in [2.24, 2.45) is 0 Å². The first-order valence-electron chi connectivity index (χ1n) is 15.2. The van der Waals surface area contributed by atoms with Crippen molar-refractivity contribution in [2.75, 3.05) is 18.4 Å². The predicted molar refractivity (Wildman–Crippen MR) is 171 cm³/mol. The van der Waals surface area contributed by atoms with Crippen LogP contribution in [0.15, 0.2) is 72.8 Å². The lowest BCUT2D eigenvalue weighted by molar-refractivity contribution is -0.120. The van der Waals surface area contributed by atoms with Gasteiger partial charge in [0.2, 0.25) is 5.91 Å². The molecule has 0 bridgehead atoms.